The number of hydrogen-bond acceptors (Lipinski definition) is 3. The summed E-state index contributed by atoms with van der Waals surface area (Å²) in [6.45, 7) is 4.83. The molecule has 0 radical (unpaired) electrons. The molecule has 2 rings (SSSR count). The molecule has 1 atom stereocenters. The molecule has 0 bridgehead atoms. The van der Waals surface area contributed by atoms with Crippen LogP contribution in [0.25, 0.3) is 0 Å². The van der Waals surface area contributed by atoms with Crippen molar-refractivity contribution in [2.24, 2.45) is 0 Å². The molecule has 1 N–H and O–H groups in total. The number of nitrogens with one attached hydrogen (secondary N) is 1. The first-order valence-corrected chi connectivity index (χ1v) is 10.4. The van der Waals surface area contributed by atoms with Crippen LogP contribution in [0.2, 0.25) is 0 Å². The van der Waals surface area contributed by atoms with Crippen molar-refractivity contribution < 1.29 is 18.7 Å². The van der Waals surface area contributed by atoms with Crippen LogP contribution in [0.1, 0.15) is 44.2 Å². The predicted molar refractivity (Wildman–Crippen MR) is 116 cm³/mol. The lowest BCUT2D eigenvalue weighted by molar-refractivity contribution is -0.140. The third kappa shape index (κ3) is 6.87. The number of carbonyl (C=O) groups excluding carboxylic acids is 2. The molecular weight excluding hydrogens is 383 g/mol. The Kier molecular flexibility index (Phi) is 9.32. The second-order valence-electron chi connectivity index (χ2n) is 7.25. The quantitative estimate of drug-likeness (QED) is 0.563. The van der Waals surface area contributed by atoms with Gasteiger partial charge in [-0.2, -0.15) is 0 Å². The standard InChI is InChI=1S/C24H31FN2O3/c1-4-6-14-26-24(29)22(5-2)27(17-19-8-7-9-21(15-19)30-3)23(28)16-18-10-12-20(25)13-11-18/h7-13,15,22H,4-6,14,16-17H2,1-3H3,(H,26,29)/t22-/m0/s1. The van der Waals surface area contributed by atoms with Crippen LogP contribution < -0.4 is 10.1 Å². The first-order chi connectivity index (χ1) is 14.5. The highest BCUT2D eigenvalue weighted by molar-refractivity contribution is 5.88. The molecule has 2 amide bonds. The maximum atomic E-state index is 13.2. The minimum absolute atomic E-state index is 0.100. The van der Waals surface area contributed by atoms with Gasteiger partial charge in [-0.3, -0.25) is 9.59 Å². The van der Waals surface area contributed by atoms with Gasteiger partial charge in [-0.25, -0.2) is 4.39 Å². The van der Waals surface area contributed by atoms with Crippen molar-refractivity contribution >= 4 is 11.8 Å². The maximum Gasteiger partial charge on any atom is 0.242 e. The van der Waals surface area contributed by atoms with Crippen LogP contribution >= 0.6 is 0 Å². The van der Waals surface area contributed by atoms with Crippen LogP contribution in [0, 0.1) is 5.82 Å². The number of unbranched alkanes of at least 4 members (excludes halogenated alkanes) is 1. The Balaban J connectivity index is 2.25. The summed E-state index contributed by atoms with van der Waals surface area (Å²) >= 11 is 0. The molecule has 0 aliphatic carbocycles. The van der Waals surface area contributed by atoms with Crippen molar-refractivity contribution in [3.63, 3.8) is 0 Å². The monoisotopic (exact) mass is 414 g/mol. The molecule has 0 aromatic heterocycles. The van der Waals surface area contributed by atoms with Gasteiger partial charge in [0, 0.05) is 13.1 Å². The summed E-state index contributed by atoms with van der Waals surface area (Å²) in [7, 11) is 1.59. The van der Waals surface area contributed by atoms with Gasteiger partial charge >= 0.3 is 0 Å². The van der Waals surface area contributed by atoms with E-state index in [0.717, 1.165) is 18.4 Å². The number of ether oxygens (including phenoxy) is 1. The zero-order valence-corrected chi connectivity index (χ0v) is 18.0. The topological polar surface area (TPSA) is 58.6 Å². The van der Waals surface area contributed by atoms with Crippen molar-refractivity contribution in [2.75, 3.05) is 13.7 Å². The van der Waals surface area contributed by atoms with Gasteiger partial charge in [0.2, 0.25) is 11.8 Å². The Morgan fingerprint density at radius 3 is 2.47 bits per heavy atom. The van der Waals surface area contributed by atoms with E-state index in [0.29, 0.717) is 24.3 Å². The molecule has 2 aromatic rings. The molecule has 0 aliphatic rings. The van der Waals surface area contributed by atoms with Gasteiger partial charge in [0.15, 0.2) is 0 Å². The lowest BCUT2D eigenvalue weighted by Gasteiger charge is -2.31. The lowest BCUT2D eigenvalue weighted by atomic mass is 10.1. The molecule has 2 aromatic carbocycles. The molecule has 0 saturated heterocycles. The van der Waals surface area contributed by atoms with Crippen molar-refractivity contribution in [3.8, 4) is 5.75 Å². The Morgan fingerprint density at radius 2 is 1.83 bits per heavy atom. The van der Waals surface area contributed by atoms with E-state index in [4.69, 9.17) is 4.74 Å². The van der Waals surface area contributed by atoms with E-state index in [1.807, 2.05) is 31.2 Å². The van der Waals surface area contributed by atoms with Crippen LogP contribution in [-0.4, -0.2) is 36.4 Å². The van der Waals surface area contributed by atoms with Crippen LogP contribution in [-0.2, 0) is 22.6 Å². The highest BCUT2D eigenvalue weighted by Gasteiger charge is 2.28. The summed E-state index contributed by atoms with van der Waals surface area (Å²) in [6.07, 6.45) is 2.47. The average molecular weight is 415 g/mol. The van der Waals surface area contributed by atoms with Gasteiger partial charge in [0.05, 0.1) is 13.5 Å². The third-order valence-electron chi connectivity index (χ3n) is 4.97. The maximum absolute atomic E-state index is 13.2. The highest BCUT2D eigenvalue weighted by atomic mass is 19.1. The van der Waals surface area contributed by atoms with E-state index in [-0.39, 0.29) is 30.6 Å². The van der Waals surface area contributed by atoms with Gasteiger partial charge < -0.3 is 15.0 Å². The van der Waals surface area contributed by atoms with Crippen LogP contribution in [0.15, 0.2) is 48.5 Å². The second-order valence-corrected chi connectivity index (χ2v) is 7.25. The zero-order chi connectivity index (χ0) is 21.9. The number of carbonyl (C=O) groups is 2. The molecule has 0 unspecified atom stereocenters. The summed E-state index contributed by atoms with van der Waals surface area (Å²) in [5.74, 6) is 0.0169. The summed E-state index contributed by atoms with van der Waals surface area (Å²) in [5.41, 5.74) is 1.58. The molecular formula is C24H31FN2O3. The molecule has 0 saturated carbocycles. The molecule has 30 heavy (non-hydrogen) atoms. The van der Waals surface area contributed by atoms with Crippen molar-refractivity contribution in [1.82, 2.24) is 10.2 Å². The number of benzene rings is 2. The van der Waals surface area contributed by atoms with Crippen molar-refractivity contribution in [3.05, 3.63) is 65.5 Å². The number of halogens is 1. The van der Waals surface area contributed by atoms with E-state index < -0.39 is 6.04 Å². The molecule has 0 spiro atoms. The number of rotatable bonds is 11. The largest absolute Gasteiger partial charge is 0.497 e. The van der Waals surface area contributed by atoms with E-state index in [2.05, 4.69) is 12.2 Å². The summed E-state index contributed by atoms with van der Waals surface area (Å²) in [6, 6.07) is 12.7. The Hall–Kier alpha value is -2.89. The Morgan fingerprint density at radius 1 is 1.10 bits per heavy atom. The van der Waals surface area contributed by atoms with E-state index in [9.17, 15) is 14.0 Å². The van der Waals surface area contributed by atoms with Crippen molar-refractivity contribution in [2.45, 2.75) is 52.1 Å². The number of methoxy groups -OCH3 is 1. The van der Waals surface area contributed by atoms with Gasteiger partial charge in [-0.05, 0) is 48.2 Å². The smallest absolute Gasteiger partial charge is 0.242 e. The van der Waals surface area contributed by atoms with E-state index >= 15 is 0 Å². The molecule has 0 aliphatic heterocycles. The summed E-state index contributed by atoms with van der Waals surface area (Å²) in [4.78, 5) is 27.6. The molecule has 6 heteroatoms. The molecule has 162 valence electrons. The third-order valence-corrected chi connectivity index (χ3v) is 4.97. The highest BCUT2D eigenvalue weighted by Crippen LogP contribution is 2.18. The fourth-order valence-electron chi connectivity index (χ4n) is 3.27. The summed E-state index contributed by atoms with van der Waals surface area (Å²) < 4.78 is 18.5. The second kappa shape index (κ2) is 12.0. The van der Waals surface area contributed by atoms with Crippen LogP contribution in [0.4, 0.5) is 4.39 Å². The fourth-order valence-corrected chi connectivity index (χ4v) is 3.27. The minimum atomic E-state index is -0.582. The van der Waals surface area contributed by atoms with E-state index in [1.165, 1.54) is 12.1 Å². The Labute approximate surface area is 178 Å². The predicted octanol–water partition coefficient (Wildman–Crippen LogP) is 4.10. The van der Waals surface area contributed by atoms with E-state index in [1.54, 1.807) is 24.1 Å². The first-order valence-electron chi connectivity index (χ1n) is 10.4. The summed E-state index contributed by atoms with van der Waals surface area (Å²) in [5, 5.41) is 2.94. The number of nitrogens with zero attached hydrogens (tertiary/aromatic N) is 1. The average Bonchev–Trinajstić information content (AvgIpc) is 2.75. The van der Waals surface area contributed by atoms with Crippen LogP contribution in [0.3, 0.4) is 0 Å². The van der Waals surface area contributed by atoms with Gasteiger partial charge in [-0.15, -0.1) is 0 Å². The van der Waals surface area contributed by atoms with Crippen LogP contribution in [0.5, 0.6) is 5.75 Å². The van der Waals surface area contributed by atoms with Gasteiger partial charge in [-0.1, -0.05) is 44.5 Å². The van der Waals surface area contributed by atoms with Gasteiger partial charge in [0.1, 0.15) is 17.6 Å². The molecule has 0 fully saturated rings. The van der Waals surface area contributed by atoms with Gasteiger partial charge in [0.25, 0.3) is 0 Å². The normalized spacial score (nSPS) is 11.6. The number of hydrogen-bond donors (Lipinski definition) is 1. The minimum Gasteiger partial charge on any atom is -0.497 e. The first kappa shape index (κ1) is 23.4. The van der Waals surface area contributed by atoms with Crippen molar-refractivity contribution in [1.29, 1.82) is 0 Å². The molecule has 0 heterocycles. The lowest BCUT2D eigenvalue weighted by Crippen LogP contribution is -2.49. The fraction of sp³-hybridized carbons (Fsp3) is 0.417. The Bertz CT molecular complexity index is 823. The zero-order valence-electron chi connectivity index (χ0n) is 18.0. The molecule has 5 nitrogen and oxygen atoms in total. The number of amides is 2. The SMILES string of the molecule is CCCCNC(=O)[C@H](CC)N(Cc1cccc(OC)c1)C(=O)Cc1ccc(F)cc1.